The molecule has 4 heterocycles. The van der Waals surface area contributed by atoms with Gasteiger partial charge in [0, 0.05) is 82.5 Å². The van der Waals surface area contributed by atoms with E-state index in [1.165, 1.54) is 66.9 Å². The van der Waals surface area contributed by atoms with Crippen LogP contribution >= 0.6 is 86.4 Å². The summed E-state index contributed by atoms with van der Waals surface area (Å²) in [5.74, 6) is 0.772. The van der Waals surface area contributed by atoms with Gasteiger partial charge in [0.15, 0.2) is 23.0 Å². The standard InChI is InChI=1S/C33H47NO7S6.C17H23NO5S2/c35-30(10-4-1-7-24-15-18-42-45-24)34-27(33(38)39)21-23-13-14-28(40-31(36)11-5-2-8-25-16-19-43-46-25)29(22-23)41-32(37)12-6-3-9-26-17-20-44-47-26;19-14-6-5-11(10-15(14)20)9-13(17(22)23)18-16(21)4-2-1-3-12-7-8-24-25-12/h13-14,22,24-27H,1-12,15-21H2,(H,34,35)(H,38,39);5-6,10,12-13,19-20H,1-4,7-9H2,(H,18,21)(H,22,23)/t24?,25?,26?,27-;12?,13-/m00/s1. The number of carbonyl (C=O) groups excluding carboxylic acids is 4. The van der Waals surface area contributed by atoms with E-state index >= 15 is 0 Å². The second kappa shape index (κ2) is 34.3. The third-order valence-electron chi connectivity index (χ3n) is 12.2. The van der Waals surface area contributed by atoms with Gasteiger partial charge in [0.25, 0.3) is 0 Å². The molecule has 22 heteroatoms. The third kappa shape index (κ3) is 24.1. The number of carboxylic acids is 2. The Labute approximate surface area is 455 Å². The third-order valence-corrected chi connectivity index (χ3v) is 24.3. The molecule has 6 rings (SSSR count). The van der Waals surface area contributed by atoms with Crippen molar-refractivity contribution in [2.45, 2.75) is 174 Å². The van der Waals surface area contributed by atoms with Crippen LogP contribution in [0.5, 0.6) is 23.0 Å². The summed E-state index contributed by atoms with van der Waals surface area (Å²) in [4.78, 5) is 73.6. The molecule has 14 nitrogen and oxygen atoms in total. The fraction of sp³-hybridized carbons (Fsp3) is 0.640. The minimum absolute atomic E-state index is 0.00428. The molecule has 4 aliphatic heterocycles. The first-order valence-corrected chi connectivity index (χ1v) is 34.6. The van der Waals surface area contributed by atoms with Gasteiger partial charge in [-0.2, -0.15) is 0 Å². The van der Waals surface area contributed by atoms with E-state index in [0.29, 0.717) is 45.0 Å². The highest BCUT2D eigenvalue weighted by molar-refractivity contribution is 8.78. The molecule has 0 saturated carbocycles. The number of esters is 2. The predicted molar refractivity (Wildman–Crippen MR) is 302 cm³/mol. The van der Waals surface area contributed by atoms with E-state index in [1.807, 2.05) is 86.4 Å². The van der Waals surface area contributed by atoms with Crippen molar-refractivity contribution in [2.24, 2.45) is 0 Å². The van der Waals surface area contributed by atoms with E-state index in [2.05, 4.69) is 10.6 Å². The maximum absolute atomic E-state index is 12.9. The van der Waals surface area contributed by atoms with Crippen molar-refractivity contribution in [3.05, 3.63) is 47.5 Å². The van der Waals surface area contributed by atoms with E-state index in [1.54, 1.807) is 18.2 Å². The highest BCUT2D eigenvalue weighted by Crippen LogP contribution is 2.42. The van der Waals surface area contributed by atoms with Crippen LogP contribution in [0.1, 0.15) is 140 Å². The monoisotopic (exact) mass is 1150 g/mol. The molecule has 2 amide bonds. The normalized spacial score (nSPS) is 20.2. The number of nitrogens with one attached hydrogen (secondary N) is 2. The Hall–Kier alpha value is -2.34. The number of unbranched alkanes of at least 4 members (excludes halogenated alkanes) is 4. The van der Waals surface area contributed by atoms with Gasteiger partial charge < -0.3 is 40.5 Å². The summed E-state index contributed by atoms with van der Waals surface area (Å²) in [6.07, 6.45) is 17.0. The summed E-state index contributed by atoms with van der Waals surface area (Å²) < 4.78 is 11.4. The lowest BCUT2D eigenvalue weighted by atomic mass is 10.0. The van der Waals surface area contributed by atoms with E-state index in [0.717, 1.165) is 70.6 Å². The maximum Gasteiger partial charge on any atom is 0.326 e. The summed E-state index contributed by atoms with van der Waals surface area (Å²) in [5, 5.41) is 45.8. The molecule has 0 radical (unpaired) electrons. The van der Waals surface area contributed by atoms with Gasteiger partial charge in [0.2, 0.25) is 11.8 Å². The smallest absolute Gasteiger partial charge is 0.326 e. The van der Waals surface area contributed by atoms with Crippen LogP contribution in [0.25, 0.3) is 0 Å². The molecule has 400 valence electrons. The predicted octanol–water partition coefficient (Wildman–Crippen LogP) is 11.7. The number of rotatable bonds is 30. The van der Waals surface area contributed by atoms with Gasteiger partial charge in [-0.3, -0.25) is 19.2 Å². The summed E-state index contributed by atoms with van der Waals surface area (Å²) in [6, 6.07) is 6.69. The first-order chi connectivity index (χ1) is 34.8. The highest BCUT2D eigenvalue weighted by Gasteiger charge is 2.25. The van der Waals surface area contributed by atoms with Crippen LogP contribution in [0.15, 0.2) is 36.4 Å². The largest absolute Gasteiger partial charge is 0.504 e. The highest BCUT2D eigenvalue weighted by atomic mass is 33.1. The van der Waals surface area contributed by atoms with Crippen molar-refractivity contribution in [2.75, 3.05) is 23.0 Å². The number of carboxylic acid groups (broad SMARTS) is 2. The molecule has 0 spiro atoms. The first-order valence-electron chi connectivity index (χ1n) is 25.0. The average molecular weight is 1150 g/mol. The topological polar surface area (TPSA) is 226 Å². The second-order valence-electron chi connectivity index (χ2n) is 18.2. The molecule has 2 aromatic carbocycles. The number of aromatic hydroxyl groups is 2. The lowest BCUT2D eigenvalue weighted by molar-refractivity contribution is -0.142. The van der Waals surface area contributed by atoms with Gasteiger partial charge >= 0.3 is 23.9 Å². The summed E-state index contributed by atoms with van der Waals surface area (Å²) >= 11 is 0. The first kappa shape index (κ1) is 60.5. The van der Waals surface area contributed by atoms with Crippen molar-refractivity contribution < 1.29 is 58.7 Å². The SMILES string of the molecule is O=C(CCCCC1CCSS1)N[C@@H](Cc1ccc(O)c(O)c1)C(=O)O.O=C(CCCCC1CCSS1)N[C@@H](Cc1ccc(OC(=O)CCCCC2CCSS2)c(OC(=O)CCCCC2CCSS2)c1)C(=O)O. The Kier molecular flexibility index (Phi) is 28.9. The molecule has 4 unspecified atom stereocenters. The van der Waals surface area contributed by atoms with Crippen molar-refractivity contribution in [1.82, 2.24) is 10.6 Å². The second-order valence-corrected chi connectivity index (χ2v) is 29.3. The number of hydrogen-bond acceptors (Lipinski definition) is 18. The molecule has 4 aliphatic rings. The van der Waals surface area contributed by atoms with Crippen molar-refractivity contribution in [1.29, 1.82) is 0 Å². The molecule has 4 fully saturated rings. The summed E-state index contributed by atoms with van der Waals surface area (Å²) in [6.45, 7) is 0. The zero-order valence-corrected chi connectivity index (χ0v) is 47.2. The Morgan fingerprint density at radius 1 is 0.486 bits per heavy atom. The van der Waals surface area contributed by atoms with E-state index in [-0.39, 0.29) is 66.9 Å². The molecule has 6 atom stereocenters. The fourth-order valence-corrected chi connectivity index (χ4v) is 20.3. The van der Waals surface area contributed by atoms with E-state index in [9.17, 15) is 49.2 Å². The van der Waals surface area contributed by atoms with Crippen molar-refractivity contribution >= 4 is 122 Å². The van der Waals surface area contributed by atoms with Crippen LogP contribution in [0, 0.1) is 0 Å². The maximum atomic E-state index is 12.9. The fourth-order valence-electron chi connectivity index (χ4n) is 8.15. The molecule has 4 saturated heterocycles. The van der Waals surface area contributed by atoms with Gasteiger partial charge in [0.1, 0.15) is 12.1 Å². The zero-order chi connectivity index (χ0) is 51.5. The molecular weight excluding hydrogens is 1080 g/mol. The van der Waals surface area contributed by atoms with Gasteiger partial charge in [-0.1, -0.05) is 124 Å². The number of ether oxygens (including phenoxy) is 2. The van der Waals surface area contributed by atoms with Gasteiger partial charge in [-0.05, 0) is 112 Å². The number of amides is 2. The molecule has 0 aromatic heterocycles. The van der Waals surface area contributed by atoms with Crippen LogP contribution in [0.4, 0.5) is 0 Å². The lowest BCUT2D eigenvalue weighted by Gasteiger charge is -2.17. The van der Waals surface area contributed by atoms with Crippen LogP contribution in [-0.2, 0) is 41.6 Å². The number of phenolic OH excluding ortho intramolecular Hbond substituents is 2. The van der Waals surface area contributed by atoms with Crippen LogP contribution < -0.4 is 20.1 Å². The molecule has 6 N–H and O–H groups in total. The Morgan fingerprint density at radius 3 is 1.24 bits per heavy atom. The van der Waals surface area contributed by atoms with Crippen LogP contribution in [0.2, 0.25) is 0 Å². The quantitative estimate of drug-likeness (QED) is 0.0141. The summed E-state index contributed by atoms with van der Waals surface area (Å²) in [5.41, 5.74) is 1.08. The van der Waals surface area contributed by atoms with Crippen LogP contribution in [-0.4, -0.2) is 112 Å². The average Bonchev–Trinajstić information content (AvgIpc) is 4.22. The number of hydrogen-bond donors (Lipinski definition) is 6. The molecular formula is C50H70N2O12S8. The Balaban J connectivity index is 0.000000323. The van der Waals surface area contributed by atoms with Gasteiger partial charge in [0.05, 0.1) is 0 Å². The molecule has 72 heavy (non-hydrogen) atoms. The van der Waals surface area contributed by atoms with Gasteiger partial charge in [-0.15, -0.1) is 0 Å². The zero-order valence-electron chi connectivity index (χ0n) is 40.6. The van der Waals surface area contributed by atoms with Crippen molar-refractivity contribution in [3.8, 4) is 23.0 Å². The Bertz CT molecular complexity index is 2030. The van der Waals surface area contributed by atoms with E-state index in [4.69, 9.17) is 9.47 Å². The van der Waals surface area contributed by atoms with Crippen molar-refractivity contribution in [3.63, 3.8) is 0 Å². The number of carbonyl (C=O) groups is 6. The minimum atomic E-state index is -1.14. The summed E-state index contributed by atoms with van der Waals surface area (Å²) in [7, 11) is 15.3. The van der Waals surface area contributed by atoms with E-state index < -0.39 is 36.0 Å². The van der Waals surface area contributed by atoms with Gasteiger partial charge in [-0.25, -0.2) is 9.59 Å². The lowest BCUT2D eigenvalue weighted by Crippen LogP contribution is -2.42. The molecule has 0 aliphatic carbocycles. The number of aliphatic carboxylic acids is 2. The Morgan fingerprint density at radius 2 is 0.861 bits per heavy atom. The minimum Gasteiger partial charge on any atom is -0.504 e. The number of benzene rings is 2. The van der Waals surface area contributed by atoms with Crippen LogP contribution in [0.3, 0.4) is 0 Å². The molecule has 0 bridgehead atoms. The molecule has 2 aromatic rings. The number of phenols is 2.